The fourth-order valence-corrected chi connectivity index (χ4v) is 3.55. The maximum atomic E-state index is 12.6. The van der Waals surface area contributed by atoms with Crippen LogP contribution in [0.15, 0.2) is 23.1 Å². The quantitative estimate of drug-likeness (QED) is 0.686. The van der Waals surface area contributed by atoms with Gasteiger partial charge in [0.1, 0.15) is 5.75 Å². The Morgan fingerprint density at radius 1 is 1.29 bits per heavy atom. The number of ether oxygens (including phenoxy) is 1. The lowest BCUT2D eigenvalue weighted by Crippen LogP contribution is -2.37. The number of anilines is 1. The lowest BCUT2D eigenvalue weighted by molar-refractivity contribution is -0.130. The monoisotopic (exact) mass is 308 g/mol. The molecule has 2 rings (SSSR count). The normalized spacial score (nSPS) is 17.1. The third-order valence-electron chi connectivity index (χ3n) is 3.79. The van der Waals surface area contributed by atoms with Gasteiger partial charge in [-0.25, -0.2) is 0 Å². The van der Waals surface area contributed by atoms with Crippen LogP contribution in [0.5, 0.6) is 5.75 Å². The van der Waals surface area contributed by atoms with Crippen molar-refractivity contribution in [3.05, 3.63) is 18.2 Å². The molecule has 0 radical (unpaired) electrons. The van der Waals surface area contributed by atoms with Crippen molar-refractivity contribution in [2.75, 3.05) is 25.9 Å². The van der Waals surface area contributed by atoms with Gasteiger partial charge in [0.25, 0.3) is 0 Å². The van der Waals surface area contributed by atoms with Gasteiger partial charge >= 0.3 is 0 Å². The fourth-order valence-electron chi connectivity index (χ4n) is 2.53. The lowest BCUT2D eigenvalue weighted by Gasteiger charge is -2.24. The summed E-state index contributed by atoms with van der Waals surface area (Å²) >= 11 is 1.51. The number of amides is 1. The van der Waals surface area contributed by atoms with E-state index in [1.165, 1.54) is 24.6 Å². The fraction of sp³-hybridized carbons (Fsp3) is 0.562. The first-order valence-electron chi connectivity index (χ1n) is 7.51. The summed E-state index contributed by atoms with van der Waals surface area (Å²) in [5.41, 5.74) is 6.69. The van der Waals surface area contributed by atoms with Gasteiger partial charge in [0.05, 0.1) is 12.4 Å². The second kappa shape index (κ2) is 7.59. The highest BCUT2D eigenvalue weighted by Gasteiger charge is 2.23. The molecule has 1 heterocycles. The van der Waals surface area contributed by atoms with Crippen molar-refractivity contribution in [3.8, 4) is 5.75 Å². The predicted octanol–water partition coefficient (Wildman–Crippen LogP) is 3.16. The molecule has 1 atom stereocenters. The Morgan fingerprint density at radius 3 is 2.57 bits per heavy atom. The summed E-state index contributed by atoms with van der Waals surface area (Å²) in [6.45, 7) is 3.73. The van der Waals surface area contributed by atoms with Crippen LogP contribution in [-0.2, 0) is 4.79 Å². The first kappa shape index (κ1) is 16.0. The van der Waals surface area contributed by atoms with E-state index in [0.29, 0.717) is 5.69 Å². The third-order valence-corrected chi connectivity index (χ3v) is 4.95. The largest absolute Gasteiger partial charge is 0.497 e. The second-order valence-electron chi connectivity index (χ2n) is 5.40. The molecule has 1 amide bonds. The summed E-state index contributed by atoms with van der Waals surface area (Å²) in [7, 11) is 1.63. The highest BCUT2D eigenvalue weighted by Crippen LogP contribution is 2.32. The first-order chi connectivity index (χ1) is 10.1. The van der Waals surface area contributed by atoms with Gasteiger partial charge in [0.15, 0.2) is 0 Å². The molecule has 1 fully saturated rings. The maximum absolute atomic E-state index is 12.6. The molecule has 1 aromatic rings. The molecular weight excluding hydrogens is 284 g/mol. The van der Waals surface area contributed by atoms with Gasteiger partial charge in [-0.2, -0.15) is 0 Å². The van der Waals surface area contributed by atoms with Crippen LogP contribution in [0, 0.1) is 0 Å². The summed E-state index contributed by atoms with van der Waals surface area (Å²) < 4.78 is 5.22. The minimum atomic E-state index is -0.127. The van der Waals surface area contributed by atoms with E-state index in [0.717, 1.165) is 36.6 Å². The Hall–Kier alpha value is -1.36. The highest BCUT2D eigenvalue weighted by molar-refractivity contribution is 8.00. The van der Waals surface area contributed by atoms with Gasteiger partial charge in [0, 0.05) is 23.7 Å². The summed E-state index contributed by atoms with van der Waals surface area (Å²) in [6, 6.07) is 5.55. The molecule has 0 aliphatic carbocycles. The molecule has 2 N–H and O–H groups in total. The maximum Gasteiger partial charge on any atom is 0.235 e. The van der Waals surface area contributed by atoms with Crippen molar-refractivity contribution in [2.24, 2.45) is 0 Å². The Morgan fingerprint density at radius 2 is 1.95 bits per heavy atom. The Kier molecular flexibility index (Phi) is 5.79. The topological polar surface area (TPSA) is 55.6 Å². The van der Waals surface area contributed by atoms with Gasteiger partial charge in [0.2, 0.25) is 5.91 Å². The molecule has 1 aliphatic rings. The number of thioether (sulfide) groups is 1. The zero-order valence-corrected chi connectivity index (χ0v) is 13.6. The number of nitrogens with two attached hydrogens (primary N) is 1. The number of benzene rings is 1. The van der Waals surface area contributed by atoms with Gasteiger partial charge in [-0.3, -0.25) is 4.79 Å². The zero-order chi connectivity index (χ0) is 15.2. The van der Waals surface area contributed by atoms with Crippen LogP contribution >= 0.6 is 11.8 Å². The van der Waals surface area contributed by atoms with Gasteiger partial charge in [-0.15, -0.1) is 11.8 Å². The van der Waals surface area contributed by atoms with E-state index in [-0.39, 0.29) is 11.2 Å². The molecule has 21 heavy (non-hydrogen) atoms. The number of likely N-dealkylation sites (tertiary alicyclic amines) is 1. The number of nitrogen functional groups attached to an aromatic ring is 1. The molecule has 1 unspecified atom stereocenters. The Labute approximate surface area is 131 Å². The van der Waals surface area contributed by atoms with E-state index in [1.807, 2.05) is 30.0 Å². The number of hydrogen-bond donors (Lipinski definition) is 1. The summed E-state index contributed by atoms with van der Waals surface area (Å²) in [5.74, 6) is 0.977. The Bertz CT molecular complexity index is 485. The van der Waals surface area contributed by atoms with E-state index in [1.54, 1.807) is 7.11 Å². The number of hydrogen-bond acceptors (Lipinski definition) is 4. The molecule has 4 nitrogen and oxygen atoms in total. The third kappa shape index (κ3) is 4.30. The van der Waals surface area contributed by atoms with Gasteiger partial charge in [-0.05, 0) is 38.0 Å². The number of carbonyl (C=O) groups is 1. The van der Waals surface area contributed by atoms with E-state index < -0.39 is 0 Å². The average molecular weight is 308 g/mol. The molecule has 5 heteroatoms. The van der Waals surface area contributed by atoms with Crippen LogP contribution in [-0.4, -0.2) is 36.3 Å². The SMILES string of the molecule is COc1ccc(N)c(SC(C)C(=O)N2CCCCCC2)c1. The molecule has 0 bridgehead atoms. The van der Waals surface area contributed by atoms with Crippen LogP contribution in [0.25, 0.3) is 0 Å². The summed E-state index contributed by atoms with van der Waals surface area (Å²) in [5, 5.41) is -0.127. The van der Waals surface area contributed by atoms with Crippen LogP contribution in [0.3, 0.4) is 0 Å². The van der Waals surface area contributed by atoms with Crippen molar-refractivity contribution in [1.29, 1.82) is 0 Å². The molecule has 1 aromatic carbocycles. The van der Waals surface area contributed by atoms with Crippen LogP contribution in [0.1, 0.15) is 32.6 Å². The lowest BCUT2D eigenvalue weighted by atomic mass is 10.2. The number of nitrogens with zero attached hydrogens (tertiary/aromatic N) is 1. The summed E-state index contributed by atoms with van der Waals surface area (Å²) in [4.78, 5) is 15.5. The van der Waals surface area contributed by atoms with E-state index in [2.05, 4.69) is 0 Å². The smallest absolute Gasteiger partial charge is 0.235 e. The molecule has 0 saturated carbocycles. The molecular formula is C16H24N2O2S. The van der Waals surface area contributed by atoms with Crippen LogP contribution in [0.4, 0.5) is 5.69 Å². The minimum absolute atomic E-state index is 0.127. The average Bonchev–Trinajstić information content (AvgIpc) is 2.77. The molecule has 0 spiro atoms. The Balaban J connectivity index is 2.02. The van der Waals surface area contributed by atoms with Crippen molar-refractivity contribution < 1.29 is 9.53 Å². The predicted molar refractivity (Wildman–Crippen MR) is 87.8 cm³/mol. The van der Waals surface area contributed by atoms with Crippen molar-refractivity contribution >= 4 is 23.4 Å². The van der Waals surface area contributed by atoms with E-state index in [4.69, 9.17) is 10.5 Å². The second-order valence-corrected chi connectivity index (χ2v) is 6.79. The summed E-state index contributed by atoms with van der Waals surface area (Å²) in [6.07, 6.45) is 4.69. The number of methoxy groups -OCH3 is 1. The van der Waals surface area contributed by atoms with Crippen molar-refractivity contribution in [3.63, 3.8) is 0 Å². The molecule has 0 aromatic heterocycles. The van der Waals surface area contributed by atoms with Crippen LogP contribution < -0.4 is 10.5 Å². The van der Waals surface area contributed by atoms with Crippen molar-refractivity contribution in [1.82, 2.24) is 4.90 Å². The number of rotatable bonds is 4. The standard InChI is InChI=1S/C16H24N2O2S/c1-12(16(19)18-9-5-3-4-6-10-18)21-15-11-13(20-2)7-8-14(15)17/h7-8,11-12H,3-6,9-10,17H2,1-2H3. The van der Waals surface area contributed by atoms with Gasteiger partial charge in [-0.1, -0.05) is 12.8 Å². The van der Waals surface area contributed by atoms with Crippen molar-refractivity contribution in [2.45, 2.75) is 42.8 Å². The van der Waals surface area contributed by atoms with Gasteiger partial charge < -0.3 is 15.4 Å². The first-order valence-corrected chi connectivity index (χ1v) is 8.38. The van der Waals surface area contributed by atoms with E-state index >= 15 is 0 Å². The number of carbonyl (C=O) groups excluding carboxylic acids is 1. The molecule has 116 valence electrons. The van der Waals surface area contributed by atoms with Crippen LogP contribution in [0.2, 0.25) is 0 Å². The highest BCUT2D eigenvalue weighted by atomic mass is 32.2. The zero-order valence-electron chi connectivity index (χ0n) is 12.8. The minimum Gasteiger partial charge on any atom is -0.497 e. The molecule has 1 saturated heterocycles. The molecule has 1 aliphatic heterocycles. The van der Waals surface area contributed by atoms with E-state index in [9.17, 15) is 4.79 Å².